The number of anilines is 2. The van der Waals surface area contributed by atoms with E-state index >= 15 is 0 Å². The smallest absolute Gasteiger partial charge is 0.118 e. The van der Waals surface area contributed by atoms with E-state index in [1.807, 2.05) is 12.1 Å². The predicted molar refractivity (Wildman–Crippen MR) is 193 cm³/mol. The topological polar surface area (TPSA) is 12.5 Å². The van der Waals surface area contributed by atoms with Crippen LogP contribution in [0.2, 0.25) is 0 Å². The normalized spacial score (nSPS) is 11.3. The van der Waals surface area contributed by atoms with Gasteiger partial charge in [0, 0.05) is 22.8 Å². The first-order valence-corrected chi connectivity index (χ1v) is 15.3. The van der Waals surface area contributed by atoms with Gasteiger partial charge in [-0.05, 0) is 71.3 Å². The van der Waals surface area contributed by atoms with E-state index in [4.69, 9.17) is 4.74 Å². The van der Waals surface area contributed by atoms with Gasteiger partial charge in [-0.25, -0.2) is 0 Å². The Kier molecular flexibility index (Phi) is 9.03. The summed E-state index contributed by atoms with van der Waals surface area (Å²) in [7, 11) is 1.69. The quantitative estimate of drug-likeness (QED) is 0.157. The van der Waals surface area contributed by atoms with E-state index in [1.54, 1.807) is 7.11 Å². The number of benzene rings is 6. The van der Waals surface area contributed by atoms with Gasteiger partial charge >= 0.3 is 0 Å². The first kappa shape index (κ1) is 29.5. The third kappa shape index (κ3) is 6.82. The fourth-order valence-electron chi connectivity index (χ4n) is 5.73. The van der Waals surface area contributed by atoms with Crippen LogP contribution in [-0.2, 0) is 0 Å². The Labute approximate surface area is 266 Å². The standard InChI is InChI=1S/C43H37NO/c1-32-22-28-42(33(2)30-32)44(31-41(35-15-6-4-7-16-35)36-17-8-5-9-18-36)43-29-25-37(39-20-12-13-21-40(39)43)19-11-10-14-34-23-26-38(45-3)27-24-34/h4-31H,1-3H3. The van der Waals surface area contributed by atoms with Gasteiger partial charge in [0.05, 0.1) is 12.8 Å². The van der Waals surface area contributed by atoms with Crippen molar-refractivity contribution in [2.24, 2.45) is 0 Å². The molecule has 0 amide bonds. The highest BCUT2D eigenvalue weighted by Crippen LogP contribution is 2.38. The maximum Gasteiger partial charge on any atom is 0.118 e. The highest BCUT2D eigenvalue weighted by molar-refractivity contribution is 6.02. The Bertz CT molecular complexity index is 1940. The molecule has 2 nitrogen and oxygen atoms in total. The molecule has 45 heavy (non-hydrogen) atoms. The molecule has 0 saturated heterocycles. The number of rotatable bonds is 9. The van der Waals surface area contributed by atoms with Crippen molar-refractivity contribution in [3.8, 4) is 5.75 Å². The van der Waals surface area contributed by atoms with Crippen molar-refractivity contribution in [3.05, 3.63) is 191 Å². The summed E-state index contributed by atoms with van der Waals surface area (Å²) in [6.45, 7) is 4.35. The molecule has 6 aromatic carbocycles. The van der Waals surface area contributed by atoms with Crippen LogP contribution in [0.3, 0.4) is 0 Å². The molecule has 0 N–H and O–H groups in total. The molecule has 0 atom stereocenters. The zero-order valence-electron chi connectivity index (χ0n) is 26.0. The van der Waals surface area contributed by atoms with Crippen LogP contribution in [0.5, 0.6) is 5.75 Å². The number of allylic oxidation sites excluding steroid dienone is 2. The van der Waals surface area contributed by atoms with E-state index < -0.39 is 0 Å². The van der Waals surface area contributed by atoms with Gasteiger partial charge in [0.15, 0.2) is 0 Å². The number of hydrogen-bond acceptors (Lipinski definition) is 2. The van der Waals surface area contributed by atoms with Gasteiger partial charge in [0.1, 0.15) is 5.75 Å². The van der Waals surface area contributed by atoms with Crippen molar-refractivity contribution in [3.63, 3.8) is 0 Å². The van der Waals surface area contributed by atoms with E-state index in [0.717, 1.165) is 28.3 Å². The fraction of sp³-hybridized carbons (Fsp3) is 0.0698. The summed E-state index contributed by atoms with van der Waals surface area (Å²) in [5.41, 5.74) is 10.6. The highest BCUT2D eigenvalue weighted by atomic mass is 16.5. The van der Waals surface area contributed by atoms with E-state index in [0.29, 0.717) is 0 Å². The monoisotopic (exact) mass is 583 g/mol. The first-order valence-electron chi connectivity index (χ1n) is 15.3. The molecule has 0 radical (unpaired) electrons. The summed E-state index contributed by atoms with van der Waals surface area (Å²) in [5, 5.41) is 2.39. The maximum atomic E-state index is 5.28. The van der Waals surface area contributed by atoms with Gasteiger partial charge in [0.2, 0.25) is 0 Å². The molecule has 0 unspecified atom stereocenters. The molecule has 0 aliphatic rings. The first-order chi connectivity index (χ1) is 22.1. The molecular formula is C43H37NO. The number of fused-ring (bicyclic) bond motifs is 1. The molecule has 220 valence electrons. The Balaban J connectivity index is 1.47. The number of ether oxygens (including phenoxy) is 1. The predicted octanol–water partition coefficient (Wildman–Crippen LogP) is 11.4. The average molecular weight is 584 g/mol. The Hall–Kier alpha value is -5.60. The summed E-state index contributed by atoms with van der Waals surface area (Å²) in [6, 6.07) is 49.2. The van der Waals surface area contributed by atoms with Crippen molar-refractivity contribution in [1.82, 2.24) is 0 Å². The molecule has 2 heteroatoms. The summed E-state index contributed by atoms with van der Waals surface area (Å²) >= 11 is 0. The van der Waals surface area contributed by atoms with Gasteiger partial charge in [-0.3, -0.25) is 0 Å². The zero-order chi connectivity index (χ0) is 31.0. The Morgan fingerprint density at radius 1 is 0.578 bits per heavy atom. The third-order valence-electron chi connectivity index (χ3n) is 8.03. The highest BCUT2D eigenvalue weighted by Gasteiger charge is 2.17. The molecule has 0 aromatic heterocycles. The summed E-state index contributed by atoms with van der Waals surface area (Å²) in [5.74, 6) is 0.860. The lowest BCUT2D eigenvalue weighted by atomic mass is 9.97. The van der Waals surface area contributed by atoms with Crippen LogP contribution in [-0.4, -0.2) is 7.11 Å². The summed E-state index contributed by atoms with van der Waals surface area (Å²) in [6.07, 6.45) is 10.8. The van der Waals surface area contributed by atoms with Crippen LogP contribution in [0.15, 0.2) is 158 Å². The molecule has 0 saturated carbocycles. The lowest BCUT2D eigenvalue weighted by Crippen LogP contribution is -2.12. The van der Waals surface area contributed by atoms with E-state index in [9.17, 15) is 0 Å². The Morgan fingerprint density at radius 3 is 1.82 bits per heavy atom. The summed E-state index contributed by atoms with van der Waals surface area (Å²) in [4.78, 5) is 2.36. The van der Waals surface area contributed by atoms with Crippen LogP contribution in [0.25, 0.3) is 28.5 Å². The lowest BCUT2D eigenvalue weighted by molar-refractivity contribution is 0.415. The van der Waals surface area contributed by atoms with Crippen LogP contribution in [0, 0.1) is 13.8 Å². The van der Waals surface area contributed by atoms with Crippen LogP contribution < -0.4 is 9.64 Å². The molecule has 0 aliphatic heterocycles. The minimum Gasteiger partial charge on any atom is -0.497 e. The maximum absolute atomic E-state index is 5.28. The minimum atomic E-state index is 0.860. The Morgan fingerprint density at radius 2 is 1.18 bits per heavy atom. The molecule has 0 spiro atoms. The molecule has 0 heterocycles. The fourth-order valence-corrected chi connectivity index (χ4v) is 5.73. The van der Waals surface area contributed by atoms with E-state index in [-0.39, 0.29) is 0 Å². The molecule has 0 bridgehead atoms. The van der Waals surface area contributed by atoms with Crippen LogP contribution >= 0.6 is 0 Å². The summed E-state index contributed by atoms with van der Waals surface area (Å²) < 4.78 is 5.28. The number of hydrogen-bond donors (Lipinski definition) is 0. The number of aryl methyl sites for hydroxylation is 2. The SMILES string of the molecule is COc1ccc(C=CC=Cc2ccc(N(C=C(c3ccccc3)c3ccccc3)c3ccc(C)cc3C)c3ccccc23)cc1. The van der Waals surface area contributed by atoms with E-state index in [1.165, 1.54) is 38.6 Å². The van der Waals surface area contributed by atoms with Crippen molar-refractivity contribution in [2.75, 3.05) is 12.0 Å². The van der Waals surface area contributed by atoms with Gasteiger partial charge in [0.25, 0.3) is 0 Å². The lowest BCUT2D eigenvalue weighted by Gasteiger charge is -2.27. The van der Waals surface area contributed by atoms with Gasteiger partial charge < -0.3 is 9.64 Å². The average Bonchev–Trinajstić information content (AvgIpc) is 3.09. The largest absolute Gasteiger partial charge is 0.497 e. The molecule has 0 fully saturated rings. The second-order valence-corrected chi connectivity index (χ2v) is 11.1. The van der Waals surface area contributed by atoms with E-state index in [2.05, 4.69) is 177 Å². The second-order valence-electron chi connectivity index (χ2n) is 11.1. The van der Waals surface area contributed by atoms with Gasteiger partial charge in [-0.1, -0.05) is 145 Å². The third-order valence-corrected chi connectivity index (χ3v) is 8.03. The zero-order valence-corrected chi connectivity index (χ0v) is 26.0. The minimum absolute atomic E-state index is 0.860. The number of nitrogens with zero attached hydrogens (tertiary/aromatic N) is 1. The van der Waals surface area contributed by atoms with Gasteiger partial charge in [-0.2, -0.15) is 0 Å². The molecule has 6 aromatic rings. The molecule has 0 aliphatic carbocycles. The number of methoxy groups -OCH3 is 1. The van der Waals surface area contributed by atoms with Crippen molar-refractivity contribution in [2.45, 2.75) is 13.8 Å². The van der Waals surface area contributed by atoms with Crippen LogP contribution in [0.1, 0.15) is 33.4 Å². The van der Waals surface area contributed by atoms with Crippen LogP contribution in [0.4, 0.5) is 11.4 Å². The second kappa shape index (κ2) is 13.8. The van der Waals surface area contributed by atoms with Gasteiger partial charge in [-0.15, -0.1) is 0 Å². The molecule has 6 rings (SSSR count). The molecular weight excluding hydrogens is 546 g/mol. The van der Waals surface area contributed by atoms with Crippen molar-refractivity contribution < 1.29 is 4.74 Å². The van der Waals surface area contributed by atoms with Crippen molar-refractivity contribution in [1.29, 1.82) is 0 Å². The van der Waals surface area contributed by atoms with Crippen molar-refractivity contribution >= 4 is 39.9 Å².